The molecule has 0 aromatic rings. The molecule has 17 heavy (non-hydrogen) atoms. The Kier molecular flexibility index (Phi) is 3.98. The van der Waals surface area contributed by atoms with Gasteiger partial charge in [0, 0.05) is 12.6 Å². The number of carbonyl (C=O) groups is 2. The summed E-state index contributed by atoms with van der Waals surface area (Å²) in [6, 6.07) is -0.850. The standard InChI is InChI=1S/C11H20N2O4/c1-11(2,3)17-10(15)13-6-7(12)5-8(13)9(14)16-4/h7-8H,5-6,12H2,1-4H3/t7-,8-/m1/s1. The van der Waals surface area contributed by atoms with Gasteiger partial charge in [0.1, 0.15) is 11.6 Å². The number of esters is 1. The Morgan fingerprint density at radius 2 is 1.94 bits per heavy atom. The van der Waals surface area contributed by atoms with Crippen LogP contribution in [0.3, 0.4) is 0 Å². The second-order valence-corrected chi connectivity index (χ2v) is 5.17. The first-order chi connectivity index (χ1) is 7.74. The van der Waals surface area contributed by atoms with Crippen LogP contribution in [0.25, 0.3) is 0 Å². The van der Waals surface area contributed by atoms with Gasteiger partial charge in [0.15, 0.2) is 0 Å². The van der Waals surface area contributed by atoms with Crippen molar-refractivity contribution in [1.29, 1.82) is 0 Å². The number of likely N-dealkylation sites (tertiary alicyclic amines) is 1. The molecule has 1 rings (SSSR count). The van der Waals surface area contributed by atoms with Crippen molar-refractivity contribution in [2.75, 3.05) is 13.7 Å². The van der Waals surface area contributed by atoms with Crippen molar-refractivity contribution in [2.24, 2.45) is 5.73 Å². The van der Waals surface area contributed by atoms with Crippen molar-refractivity contribution in [3.05, 3.63) is 0 Å². The van der Waals surface area contributed by atoms with E-state index >= 15 is 0 Å². The second kappa shape index (κ2) is 4.91. The molecule has 1 amide bonds. The van der Waals surface area contributed by atoms with Gasteiger partial charge in [-0.15, -0.1) is 0 Å². The van der Waals surface area contributed by atoms with Crippen LogP contribution in [-0.4, -0.2) is 48.3 Å². The first kappa shape index (κ1) is 13.8. The van der Waals surface area contributed by atoms with E-state index in [1.807, 2.05) is 0 Å². The van der Waals surface area contributed by atoms with Crippen LogP contribution in [0.5, 0.6) is 0 Å². The van der Waals surface area contributed by atoms with Crippen LogP contribution in [0.15, 0.2) is 0 Å². The Bertz CT molecular complexity index is 311. The highest BCUT2D eigenvalue weighted by Crippen LogP contribution is 2.21. The smallest absolute Gasteiger partial charge is 0.411 e. The minimum Gasteiger partial charge on any atom is -0.467 e. The Labute approximate surface area is 101 Å². The van der Waals surface area contributed by atoms with Gasteiger partial charge in [-0.3, -0.25) is 4.90 Å². The predicted molar refractivity (Wildman–Crippen MR) is 61.3 cm³/mol. The summed E-state index contributed by atoms with van der Waals surface area (Å²) in [6.45, 7) is 5.63. The van der Waals surface area contributed by atoms with E-state index < -0.39 is 23.7 Å². The van der Waals surface area contributed by atoms with Crippen LogP contribution >= 0.6 is 0 Å². The first-order valence-corrected chi connectivity index (χ1v) is 5.57. The van der Waals surface area contributed by atoms with Gasteiger partial charge in [-0.05, 0) is 27.2 Å². The zero-order valence-electron chi connectivity index (χ0n) is 10.7. The van der Waals surface area contributed by atoms with Crippen LogP contribution < -0.4 is 5.73 Å². The van der Waals surface area contributed by atoms with E-state index in [1.165, 1.54) is 12.0 Å². The van der Waals surface area contributed by atoms with Crippen molar-refractivity contribution in [2.45, 2.75) is 44.9 Å². The van der Waals surface area contributed by atoms with Crippen molar-refractivity contribution < 1.29 is 19.1 Å². The molecule has 0 saturated carbocycles. The van der Waals surface area contributed by atoms with Gasteiger partial charge in [-0.25, -0.2) is 9.59 Å². The fourth-order valence-corrected chi connectivity index (χ4v) is 1.75. The Morgan fingerprint density at radius 3 is 2.41 bits per heavy atom. The third kappa shape index (κ3) is 3.59. The van der Waals surface area contributed by atoms with Crippen molar-refractivity contribution in [3.63, 3.8) is 0 Å². The minimum absolute atomic E-state index is 0.216. The molecule has 0 spiro atoms. The van der Waals surface area contributed by atoms with Gasteiger partial charge in [-0.2, -0.15) is 0 Å². The number of carbonyl (C=O) groups excluding carboxylic acids is 2. The van der Waals surface area contributed by atoms with E-state index in [0.717, 1.165) is 0 Å². The SMILES string of the molecule is COC(=O)[C@H]1C[C@@H](N)CN1C(=O)OC(C)(C)C. The number of hydrogen-bond acceptors (Lipinski definition) is 5. The van der Waals surface area contributed by atoms with Crippen LogP contribution in [0, 0.1) is 0 Å². The third-order valence-electron chi connectivity index (χ3n) is 2.43. The summed E-state index contributed by atoms with van der Waals surface area (Å²) in [7, 11) is 1.29. The predicted octanol–water partition coefficient (Wildman–Crippen LogP) is 0.496. The summed E-state index contributed by atoms with van der Waals surface area (Å²) < 4.78 is 9.87. The maximum atomic E-state index is 11.9. The van der Waals surface area contributed by atoms with E-state index in [9.17, 15) is 9.59 Å². The van der Waals surface area contributed by atoms with Gasteiger partial charge in [0.25, 0.3) is 0 Å². The van der Waals surface area contributed by atoms with E-state index in [2.05, 4.69) is 4.74 Å². The molecule has 1 fully saturated rings. The first-order valence-electron chi connectivity index (χ1n) is 5.57. The largest absolute Gasteiger partial charge is 0.467 e. The molecule has 0 aliphatic carbocycles. The van der Waals surface area contributed by atoms with E-state index in [1.54, 1.807) is 20.8 Å². The van der Waals surface area contributed by atoms with E-state index in [0.29, 0.717) is 13.0 Å². The molecule has 0 aromatic carbocycles. The molecular weight excluding hydrogens is 224 g/mol. The van der Waals surface area contributed by atoms with Gasteiger partial charge < -0.3 is 15.2 Å². The van der Waals surface area contributed by atoms with Gasteiger partial charge in [0.2, 0.25) is 0 Å². The van der Waals surface area contributed by atoms with Crippen LogP contribution in [0.4, 0.5) is 4.79 Å². The molecule has 0 bridgehead atoms. The number of methoxy groups -OCH3 is 1. The highest BCUT2D eigenvalue weighted by Gasteiger charge is 2.40. The van der Waals surface area contributed by atoms with Crippen molar-refractivity contribution >= 4 is 12.1 Å². The fraction of sp³-hybridized carbons (Fsp3) is 0.818. The summed E-state index contributed by atoms with van der Waals surface area (Å²) >= 11 is 0. The molecule has 6 heteroatoms. The quantitative estimate of drug-likeness (QED) is 0.679. The van der Waals surface area contributed by atoms with E-state index in [4.69, 9.17) is 10.5 Å². The molecule has 0 radical (unpaired) electrons. The third-order valence-corrected chi connectivity index (χ3v) is 2.43. The molecule has 2 N–H and O–H groups in total. The Balaban J connectivity index is 2.73. The summed E-state index contributed by atoms with van der Waals surface area (Å²) in [6.07, 6.45) is -0.118. The Hall–Kier alpha value is -1.30. The Morgan fingerprint density at radius 1 is 1.35 bits per heavy atom. The number of nitrogens with two attached hydrogens (primary N) is 1. The number of rotatable bonds is 1. The topological polar surface area (TPSA) is 81.9 Å². The molecule has 2 atom stereocenters. The van der Waals surface area contributed by atoms with Crippen LogP contribution in [-0.2, 0) is 14.3 Å². The zero-order valence-corrected chi connectivity index (χ0v) is 10.7. The van der Waals surface area contributed by atoms with Crippen molar-refractivity contribution in [3.8, 4) is 0 Å². The van der Waals surface area contributed by atoms with Crippen LogP contribution in [0.2, 0.25) is 0 Å². The lowest BCUT2D eigenvalue weighted by atomic mass is 10.2. The lowest BCUT2D eigenvalue weighted by Crippen LogP contribution is -2.44. The fourth-order valence-electron chi connectivity index (χ4n) is 1.75. The highest BCUT2D eigenvalue weighted by molar-refractivity contribution is 5.82. The monoisotopic (exact) mass is 244 g/mol. The van der Waals surface area contributed by atoms with Gasteiger partial charge >= 0.3 is 12.1 Å². The average molecular weight is 244 g/mol. The molecule has 1 aliphatic rings. The minimum atomic E-state index is -0.634. The zero-order chi connectivity index (χ0) is 13.2. The molecule has 6 nitrogen and oxygen atoms in total. The molecule has 0 unspecified atom stereocenters. The number of ether oxygens (including phenoxy) is 2. The van der Waals surface area contributed by atoms with Crippen LogP contribution in [0.1, 0.15) is 27.2 Å². The summed E-state index contributed by atoms with van der Waals surface area (Å²) in [5.74, 6) is -0.455. The van der Waals surface area contributed by atoms with Gasteiger partial charge in [0.05, 0.1) is 7.11 Å². The molecule has 1 saturated heterocycles. The van der Waals surface area contributed by atoms with Gasteiger partial charge in [-0.1, -0.05) is 0 Å². The van der Waals surface area contributed by atoms with Crippen molar-refractivity contribution in [1.82, 2.24) is 4.90 Å². The highest BCUT2D eigenvalue weighted by atomic mass is 16.6. The molecule has 98 valence electrons. The molecule has 0 aromatic heterocycles. The summed E-state index contributed by atoms with van der Waals surface area (Å²) in [4.78, 5) is 24.7. The summed E-state index contributed by atoms with van der Waals surface area (Å²) in [5.41, 5.74) is 5.16. The normalized spacial score (nSPS) is 24.6. The molecule has 1 aliphatic heterocycles. The molecule has 1 heterocycles. The lowest BCUT2D eigenvalue weighted by molar-refractivity contribution is -0.145. The lowest BCUT2D eigenvalue weighted by Gasteiger charge is -2.27. The number of hydrogen-bond donors (Lipinski definition) is 1. The second-order valence-electron chi connectivity index (χ2n) is 5.17. The number of nitrogens with zero attached hydrogens (tertiary/aromatic N) is 1. The maximum Gasteiger partial charge on any atom is 0.411 e. The molecular formula is C11H20N2O4. The number of amides is 1. The maximum absolute atomic E-state index is 11.9. The van der Waals surface area contributed by atoms with E-state index in [-0.39, 0.29) is 6.04 Å². The summed E-state index contributed by atoms with van der Waals surface area (Å²) in [5, 5.41) is 0. The average Bonchev–Trinajstić information content (AvgIpc) is 2.56.